The van der Waals surface area contributed by atoms with Gasteiger partial charge in [0, 0.05) is 32.7 Å². The van der Waals surface area contributed by atoms with Crippen LogP contribution in [-0.2, 0) is 9.53 Å². The average molecular weight is 228 g/mol. The van der Waals surface area contributed by atoms with Gasteiger partial charge in [-0.25, -0.2) is 0 Å². The molecular weight excluding hydrogens is 204 g/mol. The van der Waals surface area contributed by atoms with Crippen LogP contribution in [0, 0.1) is 0 Å². The zero-order chi connectivity index (χ0) is 11.8. The van der Waals surface area contributed by atoms with Crippen molar-refractivity contribution in [1.82, 2.24) is 4.90 Å². The van der Waals surface area contributed by atoms with Gasteiger partial charge in [0.05, 0.1) is 6.10 Å². The maximum Gasteiger partial charge on any atom is 0.223 e. The lowest BCUT2D eigenvalue weighted by Gasteiger charge is -2.29. The minimum atomic E-state index is 0.165. The van der Waals surface area contributed by atoms with Crippen molar-refractivity contribution in [3.8, 4) is 0 Å². The molecule has 1 rings (SSSR count). The fourth-order valence-corrected chi connectivity index (χ4v) is 2.07. The SMILES string of the molecule is CCCN(C[C@@H]1CCCCO1)C(=O)CCN. The molecule has 0 radical (unpaired) electrons. The summed E-state index contributed by atoms with van der Waals surface area (Å²) in [5.74, 6) is 0.165. The van der Waals surface area contributed by atoms with E-state index in [4.69, 9.17) is 10.5 Å². The first-order valence-corrected chi connectivity index (χ1v) is 6.37. The highest BCUT2D eigenvalue weighted by Gasteiger charge is 2.20. The molecule has 1 fully saturated rings. The fraction of sp³-hybridized carbons (Fsp3) is 0.917. The van der Waals surface area contributed by atoms with E-state index in [9.17, 15) is 4.79 Å². The predicted molar refractivity (Wildman–Crippen MR) is 64.1 cm³/mol. The van der Waals surface area contributed by atoms with E-state index in [1.165, 1.54) is 6.42 Å². The molecule has 0 aromatic heterocycles. The van der Waals surface area contributed by atoms with Crippen LogP contribution < -0.4 is 5.73 Å². The van der Waals surface area contributed by atoms with Crippen LogP contribution in [0.5, 0.6) is 0 Å². The molecule has 1 atom stereocenters. The van der Waals surface area contributed by atoms with Crippen LogP contribution in [0.4, 0.5) is 0 Å². The van der Waals surface area contributed by atoms with Crippen LogP contribution in [0.15, 0.2) is 0 Å². The molecule has 4 heteroatoms. The summed E-state index contributed by atoms with van der Waals surface area (Å²) in [4.78, 5) is 13.7. The van der Waals surface area contributed by atoms with Gasteiger partial charge in [0.2, 0.25) is 5.91 Å². The van der Waals surface area contributed by atoms with Crippen LogP contribution in [0.3, 0.4) is 0 Å². The van der Waals surface area contributed by atoms with Crippen LogP contribution >= 0.6 is 0 Å². The summed E-state index contributed by atoms with van der Waals surface area (Å²) in [5.41, 5.74) is 5.42. The van der Waals surface area contributed by atoms with Crippen molar-refractivity contribution in [2.45, 2.75) is 45.1 Å². The highest BCUT2D eigenvalue weighted by atomic mass is 16.5. The van der Waals surface area contributed by atoms with Crippen molar-refractivity contribution in [2.75, 3.05) is 26.2 Å². The normalized spacial score (nSPS) is 20.8. The fourth-order valence-electron chi connectivity index (χ4n) is 2.07. The second-order valence-electron chi connectivity index (χ2n) is 4.37. The summed E-state index contributed by atoms with van der Waals surface area (Å²) in [6.45, 7) is 4.93. The second kappa shape index (κ2) is 7.63. The van der Waals surface area contributed by atoms with Crippen molar-refractivity contribution < 1.29 is 9.53 Å². The zero-order valence-electron chi connectivity index (χ0n) is 10.3. The Morgan fingerprint density at radius 2 is 2.31 bits per heavy atom. The second-order valence-corrected chi connectivity index (χ2v) is 4.37. The third-order valence-electron chi connectivity index (χ3n) is 2.90. The molecule has 4 nitrogen and oxygen atoms in total. The number of nitrogens with zero attached hydrogens (tertiary/aromatic N) is 1. The Hall–Kier alpha value is -0.610. The third kappa shape index (κ3) is 4.49. The molecular formula is C12H24N2O2. The monoisotopic (exact) mass is 228 g/mol. The van der Waals surface area contributed by atoms with Crippen molar-refractivity contribution in [3.05, 3.63) is 0 Å². The smallest absolute Gasteiger partial charge is 0.223 e. The van der Waals surface area contributed by atoms with Crippen molar-refractivity contribution in [1.29, 1.82) is 0 Å². The molecule has 0 saturated carbocycles. The molecule has 1 saturated heterocycles. The molecule has 0 spiro atoms. The van der Waals surface area contributed by atoms with Crippen molar-refractivity contribution in [2.24, 2.45) is 5.73 Å². The average Bonchev–Trinajstić information content (AvgIpc) is 2.30. The summed E-state index contributed by atoms with van der Waals surface area (Å²) in [6.07, 6.45) is 5.13. The Morgan fingerprint density at radius 1 is 1.50 bits per heavy atom. The van der Waals surface area contributed by atoms with Crippen molar-refractivity contribution in [3.63, 3.8) is 0 Å². The predicted octanol–water partition coefficient (Wildman–Crippen LogP) is 1.14. The molecule has 0 aromatic carbocycles. The van der Waals surface area contributed by atoms with Crippen molar-refractivity contribution >= 4 is 5.91 Å². The maximum absolute atomic E-state index is 11.8. The Bertz CT molecular complexity index is 203. The third-order valence-corrected chi connectivity index (χ3v) is 2.90. The first-order chi connectivity index (χ1) is 7.77. The molecule has 1 aliphatic heterocycles. The van der Waals surface area contributed by atoms with E-state index in [-0.39, 0.29) is 12.0 Å². The molecule has 16 heavy (non-hydrogen) atoms. The Kier molecular flexibility index (Phi) is 6.42. The number of nitrogens with two attached hydrogens (primary N) is 1. The van der Waals surface area contributed by atoms with Gasteiger partial charge >= 0.3 is 0 Å². The minimum Gasteiger partial charge on any atom is -0.376 e. The molecule has 1 amide bonds. The van der Waals surface area contributed by atoms with Gasteiger partial charge in [0.1, 0.15) is 0 Å². The van der Waals surface area contributed by atoms with E-state index in [2.05, 4.69) is 6.92 Å². The molecule has 0 bridgehead atoms. The lowest BCUT2D eigenvalue weighted by Crippen LogP contribution is -2.40. The Morgan fingerprint density at radius 3 is 2.88 bits per heavy atom. The molecule has 1 heterocycles. The van der Waals surface area contributed by atoms with Crippen LogP contribution in [0.1, 0.15) is 39.0 Å². The van der Waals surface area contributed by atoms with Gasteiger partial charge in [-0.3, -0.25) is 4.79 Å². The van der Waals surface area contributed by atoms with E-state index < -0.39 is 0 Å². The highest BCUT2D eigenvalue weighted by Crippen LogP contribution is 2.14. The highest BCUT2D eigenvalue weighted by molar-refractivity contribution is 5.76. The summed E-state index contributed by atoms with van der Waals surface area (Å²) in [6, 6.07) is 0. The van der Waals surface area contributed by atoms with Crippen LogP contribution in [0.2, 0.25) is 0 Å². The van der Waals surface area contributed by atoms with Crippen LogP contribution in [-0.4, -0.2) is 43.2 Å². The molecule has 0 aromatic rings. The Labute approximate surface area is 98.1 Å². The number of ether oxygens (including phenoxy) is 1. The molecule has 1 aliphatic rings. The van der Waals surface area contributed by atoms with Gasteiger partial charge in [-0.1, -0.05) is 6.92 Å². The number of hydrogen-bond acceptors (Lipinski definition) is 3. The topological polar surface area (TPSA) is 55.6 Å². The number of amides is 1. The zero-order valence-corrected chi connectivity index (χ0v) is 10.3. The number of rotatable bonds is 6. The summed E-state index contributed by atoms with van der Waals surface area (Å²) in [7, 11) is 0. The van der Waals surface area contributed by atoms with Gasteiger partial charge in [-0.15, -0.1) is 0 Å². The number of carbonyl (C=O) groups is 1. The first-order valence-electron chi connectivity index (χ1n) is 6.37. The van der Waals surface area contributed by atoms with E-state index in [0.29, 0.717) is 13.0 Å². The van der Waals surface area contributed by atoms with Gasteiger partial charge < -0.3 is 15.4 Å². The summed E-state index contributed by atoms with van der Waals surface area (Å²) >= 11 is 0. The van der Waals surface area contributed by atoms with E-state index in [1.807, 2.05) is 4.90 Å². The standard InChI is InChI=1S/C12H24N2O2/c1-2-8-14(12(15)6-7-13)10-11-5-3-4-9-16-11/h11H,2-10,13H2,1H3/t11-/m0/s1. The van der Waals surface area contributed by atoms with Gasteiger partial charge in [0.25, 0.3) is 0 Å². The van der Waals surface area contributed by atoms with E-state index in [1.54, 1.807) is 0 Å². The molecule has 0 unspecified atom stereocenters. The van der Waals surface area contributed by atoms with Gasteiger partial charge in [-0.05, 0) is 25.7 Å². The minimum absolute atomic E-state index is 0.165. The largest absolute Gasteiger partial charge is 0.376 e. The summed E-state index contributed by atoms with van der Waals surface area (Å²) in [5, 5.41) is 0. The van der Waals surface area contributed by atoms with E-state index in [0.717, 1.165) is 39.0 Å². The van der Waals surface area contributed by atoms with Gasteiger partial charge in [-0.2, -0.15) is 0 Å². The Balaban J connectivity index is 2.39. The lowest BCUT2D eigenvalue weighted by atomic mass is 10.1. The van der Waals surface area contributed by atoms with E-state index >= 15 is 0 Å². The first kappa shape index (κ1) is 13.5. The number of hydrogen-bond donors (Lipinski definition) is 1. The number of carbonyl (C=O) groups excluding carboxylic acids is 1. The molecule has 2 N–H and O–H groups in total. The maximum atomic E-state index is 11.8. The quantitative estimate of drug-likeness (QED) is 0.742. The van der Waals surface area contributed by atoms with Crippen LogP contribution in [0.25, 0.3) is 0 Å². The summed E-state index contributed by atoms with van der Waals surface area (Å²) < 4.78 is 5.66. The lowest BCUT2D eigenvalue weighted by molar-refractivity contribution is -0.133. The van der Waals surface area contributed by atoms with Gasteiger partial charge in [0.15, 0.2) is 0 Å². The molecule has 0 aliphatic carbocycles. The molecule has 94 valence electrons.